The maximum atomic E-state index is 10.9. The molecule has 0 N–H and O–H groups in total. The number of esters is 1. The molecule has 4 nitrogen and oxygen atoms in total. The average Bonchev–Trinajstić information content (AvgIpc) is 2.50. The van der Waals surface area contributed by atoms with Crippen molar-refractivity contribution >= 4 is 11.9 Å². The fourth-order valence-electron chi connectivity index (χ4n) is 1.02. The maximum absolute atomic E-state index is 10.9. The van der Waals surface area contributed by atoms with Crippen molar-refractivity contribution in [2.24, 2.45) is 4.99 Å². The van der Waals surface area contributed by atoms with Crippen molar-refractivity contribution in [2.45, 2.75) is 18.9 Å². The van der Waals surface area contributed by atoms with Crippen LogP contribution in [0.15, 0.2) is 4.99 Å². The van der Waals surface area contributed by atoms with Gasteiger partial charge in [-0.3, -0.25) is 0 Å². The minimum atomic E-state index is -0.338. The van der Waals surface area contributed by atoms with Gasteiger partial charge in [-0.2, -0.15) is 0 Å². The summed E-state index contributed by atoms with van der Waals surface area (Å²) in [6.07, 6.45) is 1.44. The van der Waals surface area contributed by atoms with Gasteiger partial charge in [-0.25, -0.2) is 9.79 Å². The van der Waals surface area contributed by atoms with Crippen LogP contribution in [-0.2, 0) is 14.3 Å². The monoisotopic (exact) mass is 157 g/mol. The van der Waals surface area contributed by atoms with E-state index in [4.69, 9.17) is 4.74 Å². The number of hydrogen-bond acceptors (Lipinski definition) is 4. The summed E-state index contributed by atoms with van der Waals surface area (Å²) in [4.78, 5) is 14.9. The molecular weight excluding hydrogens is 146 g/mol. The van der Waals surface area contributed by atoms with Crippen LogP contribution in [0.5, 0.6) is 0 Å². The van der Waals surface area contributed by atoms with Gasteiger partial charge in [0.15, 0.2) is 11.9 Å². The van der Waals surface area contributed by atoms with Crippen LogP contribution in [-0.4, -0.2) is 32.1 Å². The van der Waals surface area contributed by atoms with E-state index in [0.29, 0.717) is 12.3 Å². The van der Waals surface area contributed by atoms with Crippen LogP contribution in [0.2, 0.25) is 0 Å². The number of ether oxygens (including phenoxy) is 2. The van der Waals surface area contributed by atoms with Gasteiger partial charge in [0.05, 0.1) is 14.2 Å². The summed E-state index contributed by atoms with van der Waals surface area (Å²) in [5.41, 5.74) is 0. The molecule has 0 aromatic rings. The second-order valence-corrected chi connectivity index (χ2v) is 2.30. The molecule has 1 atom stereocenters. The number of methoxy groups -OCH3 is 2. The molecule has 0 aliphatic carbocycles. The van der Waals surface area contributed by atoms with E-state index in [1.165, 1.54) is 7.11 Å². The zero-order chi connectivity index (χ0) is 8.27. The Morgan fingerprint density at radius 1 is 1.64 bits per heavy atom. The Balaban J connectivity index is 2.52. The molecule has 4 heteroatoms. The zero-order valence-corrected chi connectivity index (χ0v) is 6.66. The number of carbonyl (C=O) groups excluding carboxylic acids is 1. The quantitative estimate of drug-likeness (QED) is 0.516. The molecule has 0 amide bonds. The van der Waals surface area contributed by atoms with Crippen LogP contribution in [0.1, 0.15) is 12.8 Å². The van der Waals surface area contributed by atoms with E-state index in [1.54, 1.807) is 7.11 Å². The first kappa shape index (κ1) is 8.04. The molecule has 0 aromatic carbocycles. The van der Waals surface area contributed by atoms with Crippen molar-refractivity contribution in [3.8, 4) is 0 Å². The van der Waals surface area contributed by atoms with E-state index in [1.807, 2.05) is 0 Å². The molecule has 0 saturated heterocycles. The third-order valence-electron chi connectivity index (χ3n) is 1.64. The van der Waals surface area contributed by atoms with Gasteiger partial charge < -0.3 is 9.47 Å². The van der Waals surface area contributed by atoms with Crippen molar-refractivity contribution in [1.82, 2.24) is 0 Å². The lowest BCUT2D eigenvalue weighted by Crippen LogP contribution is -2.16. The fourth-order valence-corrected chi connectivity index (χ4v) is 1.02. The number of hydrogen-bond donors (Lipinski definition) is 0. The fraction of sp³-hybridized carbons (Fsp3) is 0.714. The van der Waals surface area contributed by atoms with Crippen LogP contribution >= 0.6 is 0 Å². The van der Waals surface area contributed by atoms with E-state index < -0.39 is 0 Å². The molecule has 0 radical (unpaired) electrons. The third-order valence-corrected chi connectivity index (χ3v) is 1.64. The Labute approximate surface area is 65.2 Å². The Bertz CT molecular complexity index is 188. The highest BCUT2D eigenvalue weighted by Gasteiger charge is 2.25. The molecule has 62 valence electrons. The second-order valence-electron chi connectivity index (χ2n) is 2.30. The molecule has 0 unspecified atom stereocenters. The summed E-state index contributed by atoms with van der Waals surface area (Å²) in [5.74, 6) is 0.359. The number of aliphatic imine (C=N–C) groups is 1. The van der Waals surface area contributed by atoms with Gasteiger partial charge in [-0.15, -0.1) is 0 Å². The molecule has 0 saturated carbocycles. The topological polar surface area (TPSA) is 47.9 Å². The standard InChI is InChI=1S/C7H11NO3/c1-10-6-4-3-5(8-6)7(9)11-2/h5H,3-4H2,1-2H3/t5-/m0/s1. The van der Waals surface area contributed by atoms with Crippen LogP contribution in [0.4, 0.5) is 0 Å². The molecule has 1 aliphatic heterocycles. The summed E-state index contributed by atoms with van der Waals surface area (Å²) in [5, 5.41) is 0. The molecule has 1 aliphatic rings. The van der Waals surface area contributed by atoms with Crippen LogP contribution in [0.3, 0.4) is 0 Å². The first-order valence-corrected chi connectivity index (χ1v) is 3.46. The summed E-state index contributed by atoms with van der Waals surface area (Å²) in [6.45, 7) is 0. The van der Waals surface area contributed by atoms with Crippen molar-refractivity contribution in [3.05, 3.63) is 0 Å². The van der Waals surface area contributed by atoms with Gasteiger partial charge in [0, 0.05) is 6.42 Å². The molecule has 0 aromatic heterocycles. The molecular formula is C7H11NO3. The third kappa shape index (κ3) is 1.69. The van der Waals surface area contributed by atoms with Gasteiger partial charge in [-0.05, 0) is 6.42 Å². The van der Waals surface area contributed by atoms with Crippen molar-refractivity contribution in [1.29, 1.82) is 0 Å². The van der Waals surface area contributed by atoms with Crippen LogP contribution in [0, 0.1) is 0 Å². The molecule has 1 heterocycles. The molecule has 11 heavy (non-hydrogen) atoms. The average molecular weight is 157 g/mol. The van der Waals surface area contributed by atoms with E-state index >= 15 is 0 Å². The van der Waals surface area contributed by atoms with E-state index in [0.717, 1.165) is 6.42 Å². The maximum Gasteiger partial charge on any atom is 0.330 e. The Morgan fingerprint density at radius 2 is 2.36 bits per heavy atom. The first-order valence-electron chi connectivity index (χ1n) is 3.46. The van der Waals surface area contributed by atoms with Gasteiger partial charge in [0.25, 0.3) is 0 Å². The lowest BCUT2D eigenvalue weighted by molar-refractivity contribution is -0.141. The van der Waals surface area contributed by atoms with Crippen LogP contribution in [0.25, 0.3) is 0 Å². The van der Waals surface area contributed by atoms with E-state index in [-0.39, 0.29) is 12.0 Å². The first-order chi connectivity index (χ1) is 5.27. The SMILES string of the molecule is COC(=O)[C@@H]1CCC(OC)=N1. The van der Waals surface area contributed by atoms with Gasteiger partial charge in [0.1, 0.15) is 0 Å². The van der Waals surface area contributed by atoms with Gasteiger partial charge in [-0.1, -0.05) is 0 Å². The highest BCUT2D eigenvalue weighted by Crippen LogP contribution is 2.14. The Kier molecular flexibility index (Phi) is 2.46. The number of rotatable bonds is 1. The zero-order valence-electron chi connectivity index (χ0n) is 6.66. The predicted octanol–water partition coefficient (Wildman–Crippen LogP) is 0.367. The summed E-state index contributed by atoms with van der Waals surface area (Å²) in [6, 6.07) is -0.338. The van der Waals surface area contributed by atoms with E-state index in [9.17, 15) is 4.79 Å². The summed E-state index contributed by atoms with van der Waals surface area (Å²) in [7, 11) is 2.92. The molecule has 0 spiro atoms. The lowest BCUT2D eigenvalue weighted by Gasteiger charge is -2.00. The molecule has 0 fully saturated rings. The van der Waals surface area contributed by atoms with Gasteiger partial charge >= 0.3 is 5.97 Å². The predicted molar refractivity (Wildman–Crippen MR) is 39.5 cm³/mol. The lowest BCUT2D eigenvalue weighted by atomic mass is 10.2. The Hall–Kier alpha value is -1.06. The summed E-state index contributed by atoms with van der Waals surface area (Å²) < 4.78 is 9.40. The Morgan fingerprint density at radius 3 is 2.82 bits per heavy atom. The van der Waals surface area contributed by atoms with E-state index in [2.05, 4.69) is 9.73 Å². The van der Waals surface area contributed by atoms with Crippen molar-refractivity contribution in [2.75, 3.05) is 14.2 Å². The highest BCUT2D eigenvalue weighted by molar-refractivity contribution is 5.86. The normalized spacial score (nSPS) is 22.7. The summed E-state index contributed by atoms with van der Waals surface area (Å²) >= 11 is 0. The largest absolute Gasteiger partial charge is 0.484 e. The highest BCUT2D eigenvalue weighted by atomic mass is 16.5. The van der Waals surface area contributed by atoms with Crippen molar-refractivity contribution < 1.29 is 14.3 Å². The number of nitrogens with zero attached hydrogens (tertiary/aromatic N) is 1. The van der Waals surface area contributed by atoms with Crippen LogP contribution < -0.4 is 0 Å². The molecule has 1 rings (SSSR count). The minimum absolute atomic E-state index is 0.281. The molecule has 0 bridgehead atoms. The van der Waals surface area contributed by atoms with Gasteiger partial charge in [0.2, 0.25) is 0 Å². The van der Waals surface area contributed by atoms with Crippen molar-refractivity contribution in [3.63, 3.8) is 0 Å². The second kappa shape index (κ2) is 3.37. The number of carbonyl (C=O) groups is 1. The minimum Gasteiger partial charge on any atom is -0.484 e. The smallest absolute Gasteiger partial charge is 0.330 e.